The molecular formula is C12H16Se2. The summed E-state index contributed by atoms with van der Waals surface area (Å²) in [6.07, 6.45) is 0. The molecule has 1 aromatic carbocycles. The van der Waals surface area contributed by atoms with Crippen LogP contribution in [0.15, 0.2) is 24.3 Å². The van der Waals surface area contributed by atoms with Gasteiger partial charge in [0.05, 0.1) is 0 Å². The Morgan fingerprint density at radius 1 is 1.00 bits per heavy atom. The standard InChI is InChI=1S/C12H16Se2/c1-11(2,3)12(4)13-9-7-5-6-8-10(9)14-12/h5-8H,1-4H3. The molecule has 0 spiro atoms. The fourth-order valence-electron chi connectivity index (χ4n) is 1.37. The van der Waals surface area contributed by atoms with Gasteiger partial charge < -0.3 is 0 Å². The average Bonchev–Trinajstić information content (AvgIpc) is 2.40. The van der Waals surface area contributed by atoms with E-state index in [2.05, 4.69) is 52.0 Å². The van der Waals surface area contributed by atoms with Crippen molar-refractivity contribution in [3.63, 3.8) is 0 Å². The van der Waals surface area contributed by atoms with Gasteiger partial charge in [0.25, 0.3) is 0 Å². The molecule has 0 nitrogen and oxygen atoms in total. The number of hydrogen-bond donors (Lipinski definition) is 0. The predicted octanol–water partition coefficient (Wildman–Crippen LogP) is 1.54. The van der Waals surface area contributed by atoms with E-state index in [1.54, 1.807) is 8.92 Å². The molecule has 14 heavy (non-hydrogen) atoms. The molecule has 0 saturated heterocycles. The first-order valence-electron chi connectivity index (χ1n) is 4.89. The van der Waals surface area contributed by atoms with Crippen molar-refractivity contribution in [1.29, 1.82) is 0 Å². The Labute approximate surface area is 99.2 Å². The molecule has 1 aromatic rings. The van der Waals surface area contributed by atoms with Crippen LogP contribution in [0.25, 0.3) is 0 Å². The molecule has 0 unspecified atom stereocenters. The molecule has 0 aromatic heterocycles. The van der Waals surface area contributed by atoms with Crippen molar-refractivity contribution in [2.24, 2.45) is 5.41 Å². The van der Waals surface area contributed by atoms with E-state index in [1.165, 1.54) is 0 Å². The van der Waals surface area contributed by atoms with Gasteiger partial charge in [0, 0.05) is 0 Å². The van der Waals surface area contributed by atoms with Gasteiger partial charge in [-0.1, -0.05) is 0 Å². The molecule has 0 N–H and O–H groups in total. The number of rotatable bonds is 0. The quantitative estimate of drug-likeness (QED) is 0.637. The van der Waals surface area contributed by atoms with Gasteiger partial charge in [0.2, 0.25) is 0 Å². The topological polar surface area (TPSA) is 0 Å². The third-order valence-electron chi connectivity index (χ3n) is 2.82. The van der Waals surface area contributed by atoms with Crippen molar-refractivity contribution < 1.29 is 0 Å². The number of benzene rings is 1. The van der Waals surface area contributed by atoms with Crippen molar-refractivity contribution in [3.05, 3.63) is 24.3 Å². The Morgan fingerprint density at radius 2 is 1.43 bits per heavy atom. The molecule has 0 saturated carbocycles. The second-order valence-corrected chi connectivity index (χ2v) is 12.3. The van der Waals surface area contributed by atoms with Crippen molar-refractivity contribution in [3.8, 4) is 0 Å². The second-order valence-electron chi connectivity index (χ2n) is 4.85. The van der Waals surface area contributed by atoms with Gasteiger partial charge >= 0.3 is 99.4 Å². The first kappa shape index (κ1) is 10.8. The van der Waals surface area contributed by atoms with Crippen molar-refractivity contribution >= 4 is 38.8 Å². The van der Waals surface area contributed by atoms with Gasteiger partial charge in [0.15, 0.2) is 0 Å². The van der Waals surface area contributed by atoms with E-state index in [-0.39, 0.29) is 0 Å². The Kier molecular flexibility index (Phi) is 2.60. The Hall–Kier alpha value is 0.259. The van der Waals surface area contributed by atoms with Crippen molar-refractivity contribution in [2.45, 2.75) is 30.9 Å². The summed E-state index contributed by atoms with van der Waals surface area (Å²) >= 11 is 1.34. The summed E-state index contributed by atoms with van der Waals surface area (Å²) in [6.45, 7) is 9.65. The fourth-order valence-corrected chi connectivity index (χ4v) is 9.14. The minimum absolute atomic E-state index is 0.450. The molecule has 76 valence electrons. The summed E-state index contributed by atoms with van der Waals surface area (Å²) in [7, 11) is 0. The first-order chi connectivity index (χ1) is 6.42. The molecule has 0 amide bonds. The molecule has 1 heterocycles. The zero-order valence-corrected chi connectivity index (χ0v) is 12.6. The van der Waals surface area contributed by atoms with Crippen LogP contribution < -0.4 is 8.92 Å². The van der Waals surface area contributed by atoms with Crippen LogP contribution in [-0.2, 0) is 0 Å². The Bertz CT molecular complexity index is 325. The summed E-state index contributed by atoms with van der Waals surface area (Å²) in [6, 6.07) is 9.03. The molecule has 0 bridgehead atoms. The van der Waals surface area contributed by atoms with E-state index in [0.29, 0.717) is 38.5 Å². The zero-order valence-electron chi connectivity index (χ0n) is 9.13. The third-order valence-corrected chi connectivity index (χ3v) is 11.9. The van der Waals surface area contributed by atoms with Crippen molar-refractivity contribution in [2.75, 3.05) is 0 Å². The summed E-state index contributed by atoms with van der Waals surface area (Å²) in [5, 5.41) is 0. The summed E-state index contributed by atoms with van der Waals surface area (Å²) in [4.78, 5) is 0. The van der Waals surface area contributed by atoms with Gasteiger partial charge in [-0.2, -0.15) is 0 Å². The average molecular weight is 318 g/mol. The van der Waals surface area contributed by atoms with Crippen LogP contribution in [0.5, 0.6) is 0 Å². The van der Waals surface area contributed by atoms with Gasteiger partial charge in [0.1, 0.15) is 0 Å². The molecule has 2 rings (SSSR count). The van der Waals surface area contributed by atoms with E-state index in [0.717, 1.165) is 0 Å². The predicted molar refractivity (Wildman–Crippen MR) is 65.0 cm³/mol. The van der Waals surface area contributed by atoms with Gasteiger partial charge in [-0.25, -0.2) is 0 Å². The third kappa shape index (κ3) is 1.70. The van der Waals surface area contributed by atoms with Crippen LogP contribution in [0.1, 0.15) is 27.7 Å². The maximum absolute atomic E-state index is 2.48. The van der Waals surface area contributed by atoms with E-state index in [9.17, 15) is 0 Å². The summed E-state index contributed by atoms with van der Waals surface area (Å²) in [5.41, 5.74) is 0.450. The molecule has 0 atom stereocenters. The van der Waals surface area contributed by atoms with Gasteiger partial charge in [-0.3, -0.25) is 0 Å². The molecule has 0 radical (unpaired) electrons. The monoisotopic (exact) mass is 320 g/mol. The van der Waals surface area contributed by atoms with Crippen LogP contribution in [0.2, 0.25) is 3.21 Å². The summed E-state index contributed by atoms with van der Waals surface area (Å²) in [5.74, 6) is 0. The SMILES string of the molecule is CC(C)(C)C1(C)[Se]c2ccccc2[Se]1. The van der Waals surface area contributed by atoms with E-state index in [1.807, 2.05) is 0 Å². The van der Waals surface area contributed by atoms with E-state index < -0.39 is 0 Å². The fraction of sp³-hybridized carbons (Fsp3) is 0.500. The zero-order chi connectivity index (χ0) is 10.4. The Morgan fingerprint density at radius 3 is 1.79 bits per heavy atom. The van der Waals surface area contributed by atoms with Crippen molar-refractivity contribution in [1.82, 2.24) is 0 Å². The maximum atomic E-state index is 2.48. The number of hydrogen-bond acceptors (Lipinski definition) is 0. The first-order valence-corrected chi connectivity index (χ1v) is 8.32. The van der Waals surface area contributed by atoms with E-state index >= 15 is 0 Å². The van der Waals surface area contributed by atoms with E-state index in [4.69, 9.17) is 0 Å². The van der Waals surface area contributed by atoms with Gasteiger partial charge in [-0.15, -0.1) is 0 Å². The van der Waals surface area contributed by atoms with Crippen LogP contribution in [0.4, 0.5) is 0 Å². The normalized spacial score (nSPS) is 19.4. The number of fused-ring (bicyclic) bond motifs is 1. The molecule has 1 aliphatic heterocycles. The minimum atomic E-state index is 0.450. The molecule has 2 heteroatoms. The molecular weight excluding hydrogens is 302 g/mol. The summed E-state index contributed by atoms with van der Waals surface area (Å²) < 4.78 is 3.87. The second kappa shape index (κ2) is 3.39. The van der Waals surface area contributed by atoms with Crippen LogP contribution >= 0.6 is 0 Å². The molecule has 0 aliphatic carbocycles. The Balaban J connectivity index is 2.35. The molecule has 0 fully saturated rings. The molecule has 1 aliphatic rings. The van der Waals surface area contributed by atoms with Crippen LogP contribution in [0.3, 0.4) is 0 Å². The van der Waals surface area contributed by atoms with Gasteiger partial charge in [-0.05, 0) is 0 Å². The van der Waals surface area contributed by atoms with Crippen LogP contribution in [0, 0.1) is 5.41 Å². The van der Waals surface area contributed by atoms with Crippen LogP contribution in [-0.4, -0.2) is 29.9 Å².